The lowest BCUT2D eigenvalue weighted by Gasteiger charge is -2.14. The predicted molar refractivity (Wildman–Crippen MR) is 86.7 cm³/mol. The highest BCUT2D eigenvalue weighted by atomic mass is 32.1. The number of amides is 1. The van der Waals surface area contributed by atoms with E-state index in [1.54, 1.807) is 16.0 Å². The summed E-state index contributed by atoms with van der Waals surface area (Å²) in [6, 6.07) is 4.26. The molecule has 0 aliphatic rings. The molecule has 3 N–H and O–H groups in total. The molecule has 0 aliphatic carbocycles. The Balaban J connectivity index is 2.07. The number of nitrogens with zero attached hydrogens (tertiary/aromatic N) is 2. The predicted octanol–water partition coefficient (Wildman–Crippen LogP) is 2.52. The van der Waals surface area contributed by atoms with E-state index in [1.165, 1.54) is 9.75 Å². The molecule has 2 aromatic rings. The number of carbonyl (C=O) groups excluding carboxylic acids is 1. The second-order valence-corrected chi connectivity index (χ2v) is 6.63. The Bertz CT molecular complexity index is 644. The van der Waals surface area contributed by atoms with Crippen LogP contribution in [0.2, 0.25) is 0 Å². The number of carbonyl (C=O) groups is 1. The van der Waals surface area contributed by atoms with Crippen LogP contribution in [0.3, 0.4) is 0 Å². The number of aromatic nitrogens is 2. The molecule has 114 valence electrons. The van der Waals surface area contributed by atoms with Gasteiger partial charge in [0.25, 0.3) is 5.91 Å². The second-order valence-electron chi connectivity index (χ2n) is 5.25. The van der Waals surface area contributed by atoms with Crippen LogP contribution < -0.4 is 11.1 Å². The van der Waals surface area contributed by atoms with Crippen LogP contribution in [0.25, 0.3) is 0 Å². The summed E-state index contributed by atoms with van der Waals surface area (Å²) in [4.78, 5) is 15.0. The van der Waals surface area contributed by atoms with E-state index < -0.39 is 0 Å². The Hall–Kier alpha value is -1.82. The highest BCUT2D eigenvalue weighted by Crippen LogP contribution is 2.18. The number of hydrogen-bond donors (Lipinski definition) is 2. The third-order valence-electron chi connectivity index (χ3n) is 3.37. The van der Waals surface area contributed by atoms with Crippen molar-refractivity contribution in [3.8, 4) is 0 Å². The molecule has 0 saturated heterocycles. The first-order valence-corrected chi connectivity index (χ1v) is 7.93. The number of hydrogen-bond acceptors (Lipinski definition) is 4. The molecule has 2 heterocycles. The van der Waals surface area contributed by atoms with Crippen LogP contribution in [0, 0.1) is 13.8 Å². The van der Waals surface area contributed by atoms with E-state index in [0.29, 0.717) is 23.6 Å². The van der Waals surface area contributed by atoms with Crippen LogP contribution in [-0.4, -0.2) is 21.7 Å². The smallest absolute Gasteiger partial charge is 0.271 e. The molecule has 0 bridgehead atoms. The van der Waals surface area contributed by atoms with Gasteiger partial charge in [0.15, 0.2) is 0 Å². The molecule has 1 atom stereocenters. The molecule has 2 aromatic heterocycles. The second kappa shape index (κ2) is 6.30. The quantitative estimate of drug-likeness (QED) is 0.891. The normalized spacial score (nSPS) is 12.4. The summed E-state index contributed by atoms with van der Waals surface area (Å²) in [7, 11) is 0. The van der Waals surface area contributed by atoms with E-state index in [2.05, 4.69) is 29.5 Å². The van der Waals surface area contributed by atoms with E-state index >= 15 is 0 Å². The Morgan fingerprint density at radius 3 is 2.76 bits per heavy atom. The summed E-state index contributed by atoms with van der Waals surface area (Å²) >= 11 is 1.76. The fraction of sp³-hybridized carbons (Fsp3) is 0.467. The lowest BCUT2D eigenvalue weighted by molar-refractivity contribution is 0.0930. The van der Waals surface area contributed by atoms with Crippen LogP contribution in [0.1, 0.15) is 39.8 Å². The van der Waals surface area contributed by atoms with Crippen molar-refractivity contribution in [1.82, 2.24) is 15.1 Å². The number of anilines is 1. The summed E-state index contributed by atoms with van der Waals surface area (Å²) < 4.78 is 1.65. The zero-order valence-electron chi connectivity index (χ0n) is 12.9. The molecule has 0 aliphatic heterocycles. The summed E-state index contributed by atoms with van der Waals surface area (Å²) in [6.07, 6.45) is 0.823. The van der Waals surface area contributed by atoms with Crippen molar-refractivity contribution in [1.29, 1.82) is 0 Å². The van der Waals surface area contributed by atoms with Crippen molar-refractivity contribution >= 4 is 22.9 Å². The minimum atomic E-state index is -0.157. The fourth-order valence-corrected chi connectivity index (χ4v) is 3.32. The molecule has 0 spiro atoms. The summed E-state index contributed by atoms with van der Waals surface area (Å²) in [5, 5.41) is 7.29. The largest absolute Gasteiger partial charge is 0.395 e. The Morgan fingerprint density at radius 1 is 1.48 bits per heavy atom. The Morgan fingerprint density at radius 2 is 2.19 bits per heavy atom. The summed E-state index contributed by atoms with van der Waals surface area (Å²) in [5.41, 5.74) is 7.60. The van der Waals surface area contributed by atoms with Crippen LogP contribution in [0.5, 0.6) is 0 Å². The zero-order valence-corrected chi connectivity index (χ0v) is 13.8. The molecular weight excluding hydrogens is 284 g/mol. The topological polar surface area (TPSA) is 72.9 Å². The van der Waals surface area contributed by atoms with E-state index in [4.69, 9.17) is 5.73 Å². The highest BCUT2D eigenvalue weighted by Gasteiger charge is 2.20. The van der Waals surface area contributed by atoms with Crippen molar-refractivity contribution in [3.05, 3.63) is 33.3 Å². The maximum Gasteiger partial charge on any atom is 0.271 e. The number of aryl methyl sites for hydroxylation is 3. The van der Waals surface area contributed by atoms with Crippen LogP contribution >= 0.6 is 11.3 Å². The summed E-state index contributed by atoms with van der Waals surface area (Å²) in [5.74, 6) is -0.157. The summed E-state index contributed by atoms with van der Waals surface area (Å²) in [6.45, 7) is 8.47. The zero-order chi connectivity index (χ0) is 15.6. The van der Waals surface area contributed by atoms with Crippen LogP contribution in [0.15, 0.2) is 12.1 Å². The fourth-order valence-electron chi connectivity index (χ4n) is 2.30. The van der Waals surface area contributed by atoms with Gasteiger partial charge in [-0.25, -0.2) is 0 Å². The molecule has 0 fully saturated rings. The van der Waals surface area contributed by atoms with Gasteiger partial charge >= 0.3 is 0 Å². The molecule has 21 heavy (non-hydrogen) atoms. The third kappa shape index (κ3) is 3.44. The number of nitrogen functional groups attached to an aromatic ring is 1. The van der Waals surface area contributed by atoms with E-state index in [9.17, 15) is 4.79 Å². The maximum absolute atomic E-state index is 12.4. The van der Waals surface area contributed by atoms with E-state index in [0.717, 1.165) is 6.42 Å². The monoisotopic (exact) mass is 306 g/mol. The van der Waals surface area contributed by atoms with Gasteiger partial charge in [-0.2, -0.15) is 5.10 Å². The van der Waals surface area contributed by atoms with Gasteiger partial charge < -0.3 is 11.1 Å². The first-order valence-electron chi connectivity index (χ1n) is 7.11. The minimum Gasteiger partial charge on any atom is -0.395 e. The van der Waals surface area contributed by atoms with Gasteiger partial charge in [-0.3, -0.25) is 9.48 Å². The molecule has 2 rings (SSSR count). The number of rotatable bonds is 5. The van der Waals surface area contributed by atoms with Gasteiger partial charge in [-0.05, 0) is 39.8 Å². The first-order chi connectivity index (χ1) is 9.92. The lowest BCUT2D eigenvalue weighted by Crippen LogP contribution is -2.35. The molecule has 6 heteroatoms. The van der Waals surface area contributed by atoms with Crippen molar-refractivity contribution in [2.75, 3.05) is 5.73 Å². The highest BCUT2D eigenvalue weighted by molar-refractivity contribution is 7.11. The van der Waals surface area contributed by atoms with Crippen LogP contribution in [0.4, 0.5) is 5.69 Å². The molecule has 5 nitrogen and oxygen atoms in total. The van der Waals surface area contributed by atoms with Crippen molar-refractivity contribution in [2.24, 2.45) is 0 Å². The SMILES string of the molecule is CCn1nc(C)c(N)c1C(=O)NC(C)Cc1ccc(C)s1. The van der Waals surface area contributed by atoms with E-state index in [1.807, 2.05) is 20.8 Å². The van der Waals surface area contributed by atoms with Gasteiger partial charge in [0.05, 0.1) is 11.4 Å². The molecule has 1 unspecified atom stereocenters. The average Bonchev–Trinajstić information content (AvgIpc) is 2.94. The Labute approximate surface area is 129 Å². The molecule has 0 aromatic carbocycles. The molecule has 0 saturated carbocycles. The Kier molecular flexibility index (Phi) is 4.67. The van der Waals surface area contributed by atoms with Crippen molar-refractivity contribution in [3.63, 3.8) is 0 Å². The molecule has 1 amide bonds. The van der Waals surface area contributed by atoms with Gasteiger partial charge in [-0.1, -0.05) is 0 Å². The minimum absolute atomic E-state index is 0.0514. The third-order valence-corrected chi connectivity index (χ3v) is 4.39. The number of thiophene rings is 1. The molecular formula is C15H22N4OS. The van der Waals surface area contributed by atoms with Crippen molar-refractivity contribution in [2.45, 2.75) is 46.7 Å². The van der Waals surface area contributed by atoms with Crippen molar-refractivity contribution < 1.29 is 4.79 Å². The van der Waals surface area contributed by atoms with Gasteiger partial charge in [0, 0.05) is 28.8 Å². The molecule has 0 radical (unpaired) electrons. The number of nitrogens with two attached hydrogens (primary N) is 1. The van der Waals surface area contributed by atoms with Crippen LogP contribution in [-0.2, 0) is 13.0 Å². The van der Waals surface area contributed by atoms with Gasteiger partial charge in [0.2, 0.25) is 0 Å². The average molecular weight is 306 g/mol. The first kappa shape index (κ1) is 15.6. The van der Waals surface area contributed by atoms with E-state index in [-0.39, 0.29) is 11.9 Å². The number of nitrogens with one attached hydrogen (secondary N) is 1. The maximum atomic E-state index is 12.4. The standard InChI is InChI=1S/C15H22N4OS/c1-5-19-14(13(16)11(4)18-19)15(20)17-9(2)8-12-7-6-10(3)21-12/h6-7,9H,5,8,16H2,1-4H3,(H,17,20). The van der Waals surface area contributed by atoms with Gasteiger partial charge in [0.1, 0.15) is 5.69 Å². The van der Waals surface area contributed by atoms with Gasteiger partial charge in [-0.15, -0.1) is 11.3 Å². The lowest BCUT2D eigenvalue weighted by atomic mass is 10.2.